The molecule has 19 heavy (non-hydrogen) atoms. The number of quaternary nitrogens is 1. The van der Waals surface area contributed by atoms with Crippen LogP contribution in [-0.4, -0.2) is 73.4 Å². The van der Waals surface area contributed by atoms with Crippen molar-refractivity contribution < 1.29 is 32.2 Å². The SMILES string of the molecule is C=CCC[N+](C)(C)C(ON(C)C)(C(=O)O)S(=O)(=O)O. The Kier molecular flexibility index (Phi) is 5.66. The first kappa shape index (κ1) is 18.0. The third kappa shape index (κ3) is 3.51. The van der Waals surface area contributed by atoms with Gasteiger partial charge in [-0.15, -0.1) is 6.58 Å². The lowest BCUT2D eigenvalue weighted by Gasteiger charge is -2.42. The van der Waals surface area contributed by atoms with Crippen LogP contribution in [0.2, 0.25) is 0 Å². The summed E-state index contributed by atoms with van der Waals surface area (Å²) in [5.74, 6) is -1.79. The van der Waals surface area contributed by atoms with E-state index in [-0.39, 0.29) is 6.54 Å². The van der Waals surface area contributed by atoms with Gasteiger partial charge in [0.2, 0.25) is 0 Å². The van der Waals surface area contributed by atoms with Crippen LogP contribution in [0.1, 0.15) is 6.42 Å². The summed E-state index contributed by atoms with van der Waals surface area (Å²) in [7, 11) is 0.309. The van der Waals surface area contributed by atoms with Crippen molar-refractivity contribution >= 4 is 16.1 Å². The van der Waals surface area contributed by atoms with Crippen LogP contribution in [0.15, 0.2) is 12.7 Å². The fourth-order valence-electron chi connectivity index (χ4n) is 1.69. The molecule has 0 saturated carbocycles. The van der Waals surface area contributed by atoms with Crippen molar-refractivity contribution in [3.05, 3.63) is 12.7 Å². The smallest absolute Gasteiger partial charge is 0.446 e. The molecule has 0 aromatic carbocycles. The summed E-state index contributed by atoms with van der Waals surface area (Å²) in [5, 5.41) is 7.40. The lowest BCUT2D eigenvalue weighted by molar-refractivity contribution is -0.945. The number of carboxylic acid groups (broad SMARTS) is 1. The maximum absolute atomic E-state index is 11.6. The molecule has 0 rings (SSSR count). The summed E-state index contributed by atoms with van der Waals surface area (Å²) >= 11 is 0. The Bertz CT molecular complexity index is 445. The summed E-state index contributed by atoms with van der Waals surface area (Å²) in [4.78, 5) is 16.4. The maximum Gasteiger partial charge on any atom is 0.446 e. The largest absolute Gasteiger partial charge is 0.474 e. The van der Waals surface area contributed by atoms with Crippen molar-refractivity contribution in [3.63, 3.8) is 0 Å². The molecule has 0 aliphatic rings. The number of hydroxylamine groups is 2. The zero-order valence-electron chi connectivity index (χ0n) is 11.5. The summed E-state index contributed by atoms with van der Waals surface area (Å²) in [5.41, 5.74) is 0. The van der Waals surface area contributed by atoms with Gasteiger partial charge in [-0.2, -0.15) is 13.5 Å². The molecule has 0 aromatic rings. The Morgan fingerprint density at radius 3 is 2.21 bits per heavy atom. The summed E-state index contributed by atoms with van der Waals surface area (Å²) < 4.78 is 32.0. The molecule has 0 aliphatic heterocycles. The maximum atomic E-state index is 11.6. The predicted octanol–water partition coefficient (Wildman–Crippen LogP) is -0.242. The minimum Gasteiger partial charge on any atom is -0.474 e. The van der Waals surface area contributed by atoms with E-state index in [0.717, 1.165) is 5.06 Å². The number of hydrogen-bond acceptors (Lipinski definition) is 5. The van der Waals surface area contributed by atoms with E-state index < -0.39 is 25.6 Å². The molecule has 0 bridgehead atoms. The summed E-state index contributed by atoms with van der Waals surface area (Å²) in [6.07, 6.45) is 1.88. The molecule has 0 saturated heterocycles. The van der Waals surface area contributed by atoms with Gasteiger partial charge in [-0.3, -0.25) is 9.04 Å². The summed E-state index contributed by atoms with van der Waals surface area (Å²) in [6, 6.07) is 0. The van der Waals surface area contributed by atoms with E-state index in [1.54, 1.807) is 0 Å². The predicted molar refractivity (Wildman–Crippen MR) is 68.5 cm³/mol. The van der Waals surface area contributed by atoms with Crippen LogP contribution in [0.3, 0.4) is 0 Å². The summed E-state index contributed by atoms with van der Waals surface area (Å²) in [6.45, 7) is 3.59. The second kappa shape index (κ2) is 5.97. The molecule has 9 heteroatoms. The Balaban J connectivity index is 5.99. The van der Waals surface area contributed by atoms with Crippen molar-refractivity contribution in [1.82, 2.24) is 5.06 Å². The molecule has 0 amide bonds. The Morgan fingerprint density at radius 2 is 1.95 bits per heavy atom. The Labute approximate surface area is 113 Å². The second-order valence-electron chi connectivity index (χ2n) is 4.75. The third-order valence-electron chi connectivity index (χ3n) is 2.62. The van der Waals surface area contributed by atoms with E-state index in [9.17, 15) is 22.9 Å². The second-order valence-corrected chi connectivity index (χ2v) is 6.26. The molecule has 0 fully saturated rings. The number of rotatable bonds is 8. The van der Waals surface area contributed by atoms with E-state index in [1.165, 1.54) is 34.3 Å². The number of nitrogens with zero attached hydrogens (tertiary/aromatic N) is 2. The lowest BCUT2D eigenvalue weighted by atomic mass is 10.3. The van der Waals surface area contributed by atoms with Crippen molar-refractivity contribution in [2.75, 3.05) is 34.7 Å². The van der Waals surface area contributed by atoms with Gasteiger partial charge in [0.15, 0.2) is 0 Å². The van der Waals surface area contributed by atoms with Gasteiger partial charge >= 0.3 is 21.1 Å². The van der Waals surface area contributed by atoms with Gasteiger partial charge in [-0.05, 0) is 0 Å². The van der Waals surface area contributed by atoms with Crippen molar-refractivity contribution in [2.45, 2.75) is 11.5 Å². The van der Waals surface area contributed by atoms with Gasteiger partial charge in [0.1, 0.15) is 0 Å². The van der Waals surface area contributed by atoms with Crippen LogP contribution < -0.4 is 0 Å². The van der Waals surface area contributed by atoms with Crippen molar-refractivity contribution in [1.29, 1.82) is 0 Å². The van der Waals surface area contributed by atoms with E-state index in [4.69, 9.17) is 4.84 Å². The minimum absolute atomic E-state index is 0.101. The zero-order chi connectivity index (χ0) is 15.5. The monoisotopic (exact) mass is 297 g/mol. The van der Waals surface area contributed by atoms with Crippen molar-refractivity contribution in [2.24, 2.45) is 0 Å². The van der Waals surface area contributed by atoms with Crippen LogP contribution in [0.5, 0.6) is 0 Å². The van der Waals surface area contributed by atoms with Gasteiger partial charge < -0.3 is 5.11 Å². The standard InChI is InChI=1S/C10H20N2O6S/c1-6-7-8-12(4,5)10(9(13)14,18-11(2)3)19(15,16)17/h6H,1,7-8H2,2-5H3,(H-,13,14,15,16,17)/p+1. The van der Waals surface area contributed by atoms with Gasteiger partial charge in [-0.25, -0.2) is 9.63 Å². The molecule has 1 atom stereocenters. The quantitative estimate of drug-likeness (QED) is 0.209. The average molecular weight is 297 g/mol. The van der Waals surface area contributed by atoms with Crippen LogP contribution in [-0.2, 0) is 19.8 Å². The first-order chi connectivity index (χ1) is 8.42. The molecule has 0 radical (unpaired) electrons. The first-order valence-corrected chi connectivity index (χ1v) is 6.87. The number of likely N-dealkylation sites (N-methyl/N-ethyl adjacent to an activating group) is 1. The molecule has 8 nitrogen and oxygen atoms in total. The molecular weight excluding hydrogens is 276 g/mol. The van der Waals surface area contributed by atoms with Gasteiger partial charge in [0.25, 0.3) is 0 Å². The van der Waals surface area contributed by atoms with E-state index in [0.29, 0.717) is 6.42 Å². The Hall–Kier alpha value is -1.00. The molecule has 0 aliphatic carbocycles. The molecule has 112 valence electrons. The number of aliphatic carboxylic acids is 1. The normalized spacial score (nSPS) is 16.1. The zero-order valence-corrected chi connectivity index (χ0v) is 12.3. The molecular formula is C10H21N2O6S+. The highest BCUT2D eigenvalue weighted by molar-refractivity contribution is 7.87. The van der Waals surface area contributed by atoms with E-state index in [2.05, 4.69) is 6.58 Å². The fraction of sp³-hybridized carbons (Fsp3) is 0.700. The first-order valence-electron chi connectivity index (χ1n) is 5.43. The van der Waals surface area contributed by atoms with Gasteiger partial charge in [0.05, 0.1) is 20.6 Å². The van der Waals surface area contributed by atoms with Crippen molar-refractivity contribution in [3.8, 4) is 0 Å². The van der Waals surface area contributed by atoms with Crippen LogP contribution >= 0.6 is 0 Å². The molecule has 2 N–H and O–H groups in total. The highest BCUT2D eigenvalue weighted by Crippen LogP contribution is 2.30. The molecule has 0 heterocycles. The van der Waals surface area contributed by atoms with Gasteiger partial charge in [-0.1, -0.05) is 6.08 Å². The molecule has 0 aromatic heterocycles. The highest BCUT2D eigenvalue weighted by Gasteiger charge is 2.66. The number of carboxylic acids is 1. The average Bonchev–Trinajstić information content (AvgIpc) is 2.20. The third-order valence-corrected chi connectivity index (χ3v) is 4.06. The molecule has 0 spiro atoms. The van der Waals surface area contributed by atoms with Gasteiger partial charge in [0, 0.05) is 20.5 Å². The van der Waals surface area contributed by atoms with Crippen LogP contribution in [0.4, 0.5) is 0 Å². The topological polar surface area (TPSA) is 104 Å². The van der Waals surface area contributed by atoms with Crippen LogP contribution in [0, 0.1) is 0 Å². The van der Waals surface area contributed by atoms with Crippen LogP contribution in [0.25, 0.3) is 0 Å². The highest BCUT2D eigenvalue weighted by atomic mass is 32.2. The lowest BCUT2D eigenvalue weighted by Crippen LogP contribution is -2.70. The van der Waals surface area contributed by atoms with E-state index in [1.807, 2.05) is 0 Å². The molecule has 1 unspecified atom stereocenters. The number of hydrogen-bond donors (Lipinski definition) is 2. The number of carbonyl (C=O) groups is 1. The fourth-order valence-corrected chi connectivity index (χ4v) is 2.87. The Morgan fingerprint density at radius 1 is 1.47 bits per heavy atom. The van der Waals surface area contributed by atoms with E-state index >= 15 is 0 Å². The minimum atomic E-state index is -5.03.